The molecule has 1 aromatic rings. The Kier molecular flexibility index (Phi) is 3.01. The summed E-state index contributed by atoms with van der Waals surface area (Å²) >= 11 is 0. The highest BCUT2D eigenvalue weighted by Crippen LogP contribution is 2.38. The van der Waals surface area contributed by atoms with Crippen molar-refractivity contribution < 1.29 is 19.1 Å². The van der Waals surface area contributed by atoms with Crippen molar-refractivity contribution in [1.29, 1.82) is 0 Å². The van der Waals surface area contributed by atoms with Crippen molar-refractivity contribution in [2.45, 2.75) is 19.4 Å². The Balaban J connectivity index is 2.07. The van der Waals surface area contributed by atoms with Crippen LogP contribution < -0.4 is 10.3 Å². The van der Waals surface area contributed by atoms with Gasteiger partial charge in [-0.1, -0.05) is 18.2 Å². The number of methoxy groups -OCH3 is 1. The number of rotatable bonds is 2. The van der Waals surface area contributed by atoms with Crippen LogP contribution >= 0.6 is 0 Å². The minimum Gasteiger partial charge on any atom is -0.464 e. The maximum Gasteiger partial charge on any atom is 0.355 e. The van der Waals surface area contributed by atoms with E-state index in [1.54, 1.807) is 19.1 Å². The molecule has 114 valence electrons. The number of imide groups is 1. The van der Waals surface area contributed by atoms with Gasteiger partial charge in [-0.2, -0.15) is 5.10 Å². The third kappa shape index (κ3) is 1.68. The zero-order chi connectivity index (χ0) is 16.1. The molecule has 0 aromatic heterocycles. The van der Waals surface area contributed by atoms with E-state index in [1.807, 2.05) is 19.1 Å². The van der Waals surface area contributed by atoms with Crippen molar-refractivity contribution in [3.8, 4) is 0 Å². The van der Waals surface area contributed by atoms with Crippen LogP contribution in [0.25, 0.3) is 0 Å². The summed E-state index contributed by atoms with van der Waals surface area (Å²) in [5.41, 5.74) is 2.61. The fourth-order valence-corrected chi connectivity index (χ4v) is 2.89. The lowest BCUT2D eigenvalue weighted by Crippen LogP contribution is -2.48. The first-order valence-electron chi connectivity index (χ1n) is 6.79. The summed E-state index contributed by atoms with van der Waals surface area (Å²) < 4.78 is 4.64. The molecule has 0 saturated carbocycles. The Labute approximate surface area is 126 Å². The largest absolute Gasteiger partial charge is 0.464 e. The van der Waals surface area contributed by atoms with Crippen LogP contribution in [0.2, 0.25) is 0 Å². The molecule has 2 aliphatic rings. The summed E-state index contributed by atoms with van der Waals surface area (Å²) in [4.78, 5) is 38.4. The van der Waals surface area contributed by atoms with Gasteiger partial charge in [-0.3, -0.25) is 15.0 Å². The normalized spacial score (nSPS) is 26.6. The fraction of sp³-hybridized carbons (Fsp3) is 0.333. The molecule has 22 heavy (non-hydrogen) atoms. The first-order chi connectivity index (χ1) is 10.4. The van der Waals surface area contributed by atoms with Crippen molar-refractivity contribution >= 4 is 29.2 Å². The molecule has 2 aliphatic heterocycles. The number of fused-ring (bicyclic) bond motifs is 1. The summed E-state index contributed by atoms with van der Waals surface area (Å²) in [6.07, 6.45) is 0. The summed E-state index contributed by atoms with van der Waals surface area (Å²) in [5.74, 6) is -2.60. The highest BCUT2D eigenvalue weighted by atomic mass is 16.5. The molecule has 1 N–H and O–H groups in total. The van der Waals surface area contributed by atoms with E-state index in [1.165, 1.54) is 7.11 Å². The number of carbonyl (C=O) groups is 3. The first kappa shape index (κ1) is 14.2. The third-order valence-electron chi connectivity index (χ3n) is 4.12. The highest BCUT2D eigenvalue weighted by molar-refractivity contribution is 6.47. The zero-order valence-electron chi connectivity index (χ0n) is 12.4. The number of ether oxygens (including phenoxy) is 1. The molecule has 0 unspecified atom stereocenters. The van der Waals surface area contributed by atoms with Gasteiger partial charge >= 0.3 is 5.97 Å². The van der Waals surface area contributed by atoms with E-state index >= 15 is 0 Å². The quantitative estimate of drug-likeness (QED) is 0.630. The van der Waals surface area contributed by atoms with E-state index < -0.39 is 29.2 Å². The Hall–Kier alpha value is -2.70. The number of hydrazone groups is 1. The van der Waals surface area contributed by atoms with E-state index in [-0.39, 0.29) is 5.71 Å². The highest BCUT2D eigenvalue weighted by Gasteiger charge is 2.63. The van der Waals surface area contributed by atoms with Gasteiger partial charge in [-0.05, 0) is 25.5 Å². The molecule has 1 aromatic carbocycles. The average Bonchev–Trinajstić information content (AvgIpc) is 2.95. The molecule has 7 heteroatoms. The molecular formula is C15H15N3O4. The summed E-state index contributed by atoms with van der Waals surface area (Å²) in [7, 11) is 1.21. The number of benzene rings is 1. The number of hydrogen-bond donors (Lipinski definition) is 1. The molecule has 3 rings (SSSR count). The topological polar surface area (TPSA) is 88.1 Å². The van der Waals surface area contributed by atoms with Gasteiger partial charge in [0.2, 0.25) is 5.91 Å². The number of anilines is 1. The monoisotopic (exact) mass is 301 g/mol. The average molecular weight is 301 g/mol. The molecule has 0 radical (unpaired) electrons. The molecule has 0 bridgehead atoms. The Morgan fingerprint density at radius 3 is 2.68 bits per heavy atom. The lowest BCUT2D eigenvalue weighted by molar-refractivity contribution is -0.133. The number of hydrogen-bond acceptors (Lipinski definition) is 6. The van der Waals surface area contributed by atoms with E-state index in [2.05, 4.69) is 15.3 Å². The number of nitrogens with one attached hydrogen (secondary N) is 1. The van der Waals surface area contributed by atoms with Crippen LogP contribution in [0.5, 0.6) is 0 Å². The molecule has 1 fully saturated rings. The first-order valence-corrected chi connectivity index (χ1v) is 6.79. The second kappa shape index (κ2) is 4.66. The molecule has 1 saturated heterocycles. The second-order valence-electron chi connectivity index (χ2n) is 5.50. The van der Waals surface area contributed by atoms with Crippen LogP contribution in [0, 0.1) is 12.8 Å². The Bertz CT molecular complexity index is 727. The van der Waals surface area contributed by atoms with Crippen LogP contribution in [-0.2, 0) is 19.1 Å². The van der Waals surface area contributed by atoms with Crippen LogP contribution in [0.4, 0.5) is 5.69 Å². The van der Waals surface area contributed by atoms with Crippen LogP contribution in [0.1, 0.15) is 12.5 Å². The van der Waals surface area contributed by atoms with E-state index in [0.717, 1.165) is 10.5 Å². The van der Waals surface area contributed by atoms with Crippen molar-refractivity contribution in [2.24, 2.45) is 11.0 Å². The van der Waals surface area contributed by atoms with Crippen LogP contribution in [-0.4, -0.2) is 36.1 Å². The maximum absolute atomic E-state index is 12.8. The maximum atomic E-state index is 12.8. The second-order valence-corrected chi connectivity index (χ2v) is 5.50. The fourth-order valence-electron chi connectivity index (χ4n) is 2.89. The molecule has 2 atom stereocenters. The van der Waals surface area contributed by atoms with E-state index in [9.17, 15) is 14.4 Å². The number of carbonyl (C=O) groups excluding carboxylic acids is 3. The molecule has 2 amide bonds. The minimum absolute atomic E-state index is 0.0700. The van der Waals surface area contributed by atoms with Gasteiger partial charge in [-0.15, -0.1) is 0 Å². The van der Waals surface area contributed by atoms with Gasteiger partial charge in [0, 0.05) is 0 Å². The van der Waals surface area contributed by atoms with Gasteiger partial charge in [0.05, 0.1) is 12.8 Å². The SMILES string of the molecule is COC(=O)C1=NN[C@]2(C)C(=O)N(c3ccccc3C)C(=O)[C@@H]12. The standard InChI is InChI=1S/C15H15N3O4/c1-8-6-4-5-7-9(8)18-12(19)10-11(13(20)22-3)16-17-15(10,2)14(18)21/h4-7,10,17H,1-3H3/t10-,15+/m1/s1. The van der Waals surface area contributed by atoms with Gasteiger partial charge < -0.3 is 4.74 Å². The van der Waals surface area contributed by atoms with E-state index in [4.69, 9.17) is 0 Å². The molecule has 0 spiro atoms. The van der Waals surface area contributed by atoms with Crippen LogP contribution in [0.3, 0.4) is 0 Å². The summed E-state index contributed by atoms with van der Waals surface area (Å²) in [6, 6.07) is 7.09. The van der Waals surface area contributed by atoms with E-state index in [0.29, 0.717) is 5.69 Å². The lowest BCUT2D eigenvalue weighted by atomic mass is 9.86. The number of amides is 2. The Morgan fingerprint density at radius 2 is 2.05 bits per heavy atom. The molecule has 2 heterocycles. The predicted octanol–water partition coefficient (Wildman–Crippen LogP) is 0.375. The van der Waals surface area contributed by atoms with Gasteiger partial charge in [0.15, 0.2) is 5.71 Å². The minimum atomic E-state index is -1.26. The van der Waals surface area contributed by atoms with Gasteiger partial charge in [-0.25, -0.2) is 9.69 Å². The van der Waals surface area contributed by atoms with Crippen LogP contribution in [0.15, 0.2) is 29.4 Å². The lowest BCUT2D eigenvalue weighted by Gasteiger charge is -2.21. The van der Waals surface area contributed by atoms with Gasteiger partial charge in [0.1, 0.15) is 11.5 Å². The Morgan fingerprint density at radius 1 is 1.36 bits per heavy atom. The van der Waals surface area contributed by atoms with Crippen molar-refractivity contribution in [3.63, 3.8) is 0 Å². The predicted molar refractivity (Wildman–Crippen MR) is 78.2 cm³/mol. The molecule has 0 aliphatic carbocycles. The smallest absolute Gasteiger partial charge is 0.355 e. The number of esters is 1. The van der Waals surface area contributed by atoms with Gasteiger partial charge in [0.25, 0.3) is 5.91 Å². The zero-order valence-corrected chi connectivity index (χ0v) is 12.4. The van der Waals surface area contributed by atoms with Crippen molar-refractivity contribution in [1.82, 2.24) is 5.43 Å². The number of para-hydroxylation sites is 1. The van der Waals surface area contributed by atoms with Crippen molar-refractivity contribution in [3.05, 3.63) is 29.8 Å². The van der Waals surface area contributed by atoms with Crippen molar-refractivity contribution in [2.75, 3.05) is 12.0 Å². The number of aryl methyl sites for hydroxylation is 1. The number of nitrogens with zero attached hydrogens (tertiary/aromatic N) is 2. The summed E-state index contributed by atoms with van der Waals surface area (Å²) in [5, 5.41) is 3.84. The summed E-state index contributed by atoms with van der Waals surface area (Å²) in [6.45, 7) is 3.38. The third-order valence-corrected chi connectivity index (χ3v) is 4.12. The molecule has 7 nitrogen and oxygen atoms in total. The molecular weight excluding hydrogens is 286 g/mol.